The normalized spacial score (nSPS) is 12.1. The number of hydrogen-bond acceptors (Lipinski definition) is 0. The van der Waals surface area contributed by atoms with Crippen molar-refractivity contribution >= 4 is 17.7 Å². The number of hydrogen-bond donors (Lipinski definition) is 0. The Kier molecular flexibility index (Phi) is 5.58. The van der Waals surface area contributed by atoms with Crippen LogP contribution in [0.25, 0.3) is 17.7 Å². The van der Waals surface area contributed by atoms with Gasteiger partial charge < -0.3 is 0 Å². The van der Waals surface area contributed by atoms with Crippen LogP contribution in [0.2, 0.25) is 0 Å². The molecular weight excluding hydrogens is 288 g/mol. The molecule has 3 aromatic rings. The molecule has 0 saturated carbocycles. The lowest BCUT2D eigenvalue weighted by Crippen LogP contribution is -1.81. The van der Waals surface area contributed by atoms with Crippen LogP contribution in [0.1, 0.15) is 16.7 Å². The van der Waals surface area contributed by atoms with E-state index in [2.05, 4.69) is 91.0 Å². The minimum absolute atomic E-state index is 1.19. The summed E-state index contributed by atoms with van der Waals surface area (Å²) in [6.07, 6.45) is 10.7. The van der Waals surface area contributed by atoms with Crippen molar-refractivity contribution in [3.8, 4) is 0 Å². The first kappa shape index (κ1) is 15.8. The van der Waals surface area contributed by atoms with Gasteiger partial charge in [-0.3, -0.25) is 0 Å². The highest BCUT2D eigenvalue weighted by molar-refractivity contribution is 5.87. The van der Waals surface area contributed by atoms with E-state index in [4.69, 9.17) is 0 Å². The Morgan fingerprint density at radius 1 is 0.542 bits per heavy atom. The van der Waals surface area contributed by atoms with Crippen molar-refractivity contribution in [1.29, 1.82) is 0 Å². The van der Waals surface area contributed by atoms with E-state index in [0.29, 0.717) is 0 Å². The lowest BCUT2D eigenvalue weighted by atomic mass is 10.0. The topological polar surface area (TPSA) is 0 Å². The predicted octanol–water partition coefficient (Wildman–Crippen LogP) is 6.50. The monoisotopic (exact) mass is 308 g/mol. The standard InChI is InChI=1S/C24H20/c1-4-12-21(13-5-1)14-10-11-19-24(23-17-8-3-9-18-23)20-22-15-6-2-7-16-22/h1-20H/b14-10+,19-11-,24-20+. The molecule has 0 aliphatic carbocycles. The summed E-state index contributed by atoms with van der Waals surface area (Å²) in [5.41, 5.74) is 4.81. The largest absolute Gasteiger partial charge is 0.0622 e. The second-order valence-electron chi connectivity index (χ2n) is 5.51. The van der Waals surface area contributed by atoms with E-state index in [1.54, 1.807) is 0 Å². The van der Waals surface area contributed by atoms with Crippen LogP contribution in [-0.4, -0.2) is 0 Å². The molecule has 0 saturated heterocycles. The molecule has 0 unspecified atom stereocenters. The van der Waals surface area contributed by atoms with Gasteiger partial charge in [0, 0.05) is 0 Å². The average molecular weight is 308 g/mol. The highest BCUT2D eigenvalue weighted by Crippen LogP contribution is 2.19. The minimum atomic E-state index is 1.19. The zero-order valence-electron chi connectivity index (χ0n) is 13.5. The van der Waals surface area contributed by atoms with Gasteiger partial charge in [-0.25, -0.2) is 0 Å². The molecule has 3 rings (SSSR count). The van der Waals surface area contributed by atoms with E-state index in [-0.39, 0.29) is 0 Å². The minimum Gasteiger partial charge on any atom is -0.0622 e. The lowest BCUT2D eigenvalue weighted by Gasteiger charge is -2.03. The SMILES string of the molecule is C(=C/C(=C\c1ccccc1)c1ccccc1)/C=C/c1ccccc1. The molecule has 3 aromatic carbocycles. The van der Waals surface area contributed by atoms with E-state index in [1.165, 1.54) is 22.3 Å². The van der Waals surface area contributed by atoms with Crippen molar-refractivity contribution in [3.05, 3.63) is 126 Å². The van der Waals surface area contributed by atoms with E-state index in [1.807, 2.05) is 30.3 Å². The fourth-order valence-corrected chi connectivity index (χ4v) is 2.48. The van der Waals surface area contributed by atoms with Crippen LogP contribution in [0.15, 0.2) is 109 Å². The third kappa shape index (κ3) is 4.69. The quantitative estimate of drug-likeness (QED) is 0.373. The maximum atomic E-state index is 2.21. The highest BCUT2D eigenvalue weighted by Gasteiger charge is 1.97. The molecule has 0 fully saturated rings. The fourth-order valence-electron chi connectivity index (χ4n) is 2.48. The maximum Gasteiger partial charge on any atom is -0.0178 e. The summed E-state index contributed by atoms with van der Waals surface area (Å²) in [4.78, 5) is 0. The van der Waals surface area contributed by atoms with Gasteiger partial charge in [0.05, 0.1) is 0 Å². The molecule has 0 heteroatoms. The van der Waals surface area contributed by atoms with Crippen LogP contribution in [0, 0.1) is 0 Å². The molecule has 0 radical (unpaired) electrons. The Morgan fingerprint density at radius 2 is 1.08 bits per heavy atom. The summed E-state index contributed by atoms with van der Waals surface area (Å²) in [5.74, 6) is 0. The van der Waals surface area contributed by atoms with Crippen LogP contribution in [-0.2, 0) is 0 Å². The first-order chi connectivity index (χ1) is 11.9. The number of benzene rings is 3. The van der Waals surface area contributed by atoms with Crippen molar-refractivity contribution in [2.75, 3.05) is 0 Å². The molecule has 0 aliphatic rings. The third-order valence-electron chi connectivity index (χ3n) is 3.70. The molecule has 0 bridgehead atoms. The molecule has 0 atom stereocenters. The van der Waals surface area contributed by atoms with Crippen molar-refractivity contribution in [2.24, 2.45) is 0 Å². The summed E-state index contributed by atoms with van der Waals surface area (Å²) in [7, 11) is 0. The summed E-state index contributed by atoms with van der Waals surface area (Å²) in [6, 6.07) is 31.2. The van der Waals surface area contributed by atoms with Gasteiger partial charge in [0.1, 0.15) is 0 Å². The molecule has 0 aromatic heterocycles. The molecular formula is C24H20. The van der Waals surface area contributed by atoms with Gasteiger partial charge in [0.2, 0.25) is 0 Å². The molecule has 116 valence electrons. The Morgan fingerprint density at radius 3 is 1.71 bits per heavy atom. The van der Waals surface area contributed by atoms with E-state index in [0.717, 1.165) is 0 Å². The van der Waals surface area contributed by atoms with Crippen molar-refractivity contribution in [1.82, 2.24) is 0 Å². The third-order valence-corrected chi connectivity index (χ3v) is 3.70. The zero-order chi connectivity index (χ0) is 16.5. The van der Waals surface area contributed by atoms with E-state index in [9.17, 15) is 0 Å². The van der Waals surface area contributed by atoms with Crippen molar-refractivity contribution in [3.63, 3.8) is 0 Å². The second-order valence-corrected chi connectivity index (χ2v) is 5.51. The lowest BCUT2D eigenvalue weighted by molar-refractivity contribution is 1.61. The molecule has 24 heavy (non-hydrogen) atoms. The fraction of sp³-hybridized carbons (Fsp3) is 0. The van der Waals surface area contributed by atoms with Crippen LogP contribution >= 0.6 is 0 Å². The predicted molar refractivity (Wildman–Crippen MR) is 105 cm³/mol. The molecule has 0 heterocycles. The Bertz CT molecular complexity index is 823. The van der Waals surface area contributed by atoms with Gasteiger partial charge in [-0.15, -0.1) is 0 Å². The van der Waals surface area contributed by atoms with Crippen LogP contribution in [0.5, 0.6) is 0 Å². The zero-order valence-corrected chi connectivity index (χ0v) is 13.5. The summed E-state index contributed by atoms with van der Waals surface area (Å²) in [6.45, 7) is 0. The van der Waals surface area contributed by atoms with Crippen LogP contribution in [0.3, 0.4) is 0 Å². The van der Waals surface area contributed by atoms with Gasteiger partial charge in [-0.1, -0.05) is 115 Å². The molecule has 0 spiro atoms. The Balaban J connectivity index is 1.84. The van der Waals surface area contributed by atoms with Gasteiger partial charge in [0.25, 0.3) is 0 Å². The second kappa shape index (κ2) is 8.50. The first-order valence-electron chi connectivity index (χ1n) is 8.14. The maximum absolute atomic E-state index is 2.21. The Hall–Kier alpha value is -3.12. The van der Waals surface area contributed by atoms with Crippen molar-refractivity contribution in [2.45, 2.75) is 0 Å². The molecule has 0 amide bonds. The Labute approximate surface area is 144 Å². The molecule has 0 N–H and O–H groups in total. The molecule has 0 nitrogen and oxygen atoms in total. The van der Waals surface area contributed by atoms with Gasteiger partial charge in [0.15, 0.2) is 0 Å². The van der Waals surface area contributed by atoms with Gasteiger partial charge in [-0.2, -0.15) is 0 Å². The summed E-state index contributed by atoms with van der Waals surface area (Å²) < 4.78 is 0. The summed E-state index contributed by atoms with van der Waals surface area (Å²) >= 11 is 0. The smallest absolute Gasteiger partial charge is 0.0178 e. The van der Waals surface area contributed by atoms with E-state index < -0.39 is 0 Å². The van der Waals surface area contributed by atoms with Gasteiger partial charge >= 0.3 is 0 Å². The highest BCUT2D eigenvalue weighted by atomic mass is 14.0. The van der Waals surface area contributed by atoms with Crippen LogP contribution < -0.4 is 0 Å². The summed E-state index contributed by atoms with van der Waals surface area (Å²) in [5, 5.41) is 0. The number of rotatable bonds is 5. The van der Waals surface area contributed by atoms with Gasteiger partial charge in [-0.05, 0) is 28.3 Å². The van der Waals surface area contributed by atoms with Crippen LogP contribution in [0.4, 0.5) is 0 Å². The van der Waals surface area contributed by atoms with Crippen molar-refractivity contribution < 1.29 is 0 Å². The average Bonchev–Trinajstić information content (AvgIpc) is 2.66. The first-order valence-corrected chi connectivity index (χ1v) is 8.14. The van der Waals surface area contributed by atoms with E-state index >= 15 is 0 Å². The molecule has 0 aliphatic heterocycles. The number of allylic oxidation sites excluding steroid dienone is 4.